The van der Waals surface area contributed by atoms with Gasteiger partial charge in [-0.3, -0.25) is 35.8 Å². The molecule has 1 aliphatic heterocycles. The molecule has 3 aromatic carbocycles. The van der Waals surface area contributed by atoms with Crippen LogP contribution >= 0.6 is 0 Å². The van der Waals surface area contributed by atoms with Crippen LogP contribution in [0.4, 0.5) is 23.0 Å². The molecule has 0 unspecified atom stereocenters. The lowest BCUT2D eigenvalue weighted by molar-refractivity contribution is 0.0656. The Morgan fingerprint density at radius 2 is 0.966 bits per heavy atom. The van der Waals surface area contributed by atoms with E-state index in [1.165, 1.54) is 4.90 Å². The summed E-state index contributed by atoms with van der Waals surface area (Å²) in [6, 6.07) is 33.3. The zero-order valence-electron chi connectivity index (χ0n) is 33.1. The number of nitrogens with zero attached hydrogens (tertiary/aromatic N) is 3. The number of aromatic amines is 2. The van der Waals surface area contributed by atoms with E-state index in [9.17, 15) is 19.2 Å². The van der Waals surface area contributed by atoms with Crippen molar-refractivity contribution in [3.05, 3.63) is 165 Å². The molecule has 0 saturated heterocycles. The quantitative estimate of drug-likeness (QED) is 0.0472. The van der Waals surface area contributed by atoms with Crippen LogP contribution in [0, 0.1) is 0 Å². The van der Waals surface area contributed by atoms with Crippen LogP contribution in [0.25, 0.3) is 21.5 Å². The molecule has 0 atom stereocenters. The van der Waals surface area contributed by atoms with E-state index < -0.39 is 0 Å². The molecular weight excluding hydrogens is 733 g/mol. The standard InChI is InChI=1S/C24H18N4O3.C16H16N4O.2C2H6.H4N2/c29-22-20-15(10-12-25-22)14-17(27-21(20)26-16-6-2-1-3-7-16)11-13-28-23(30)18-8-4-5-9-19(18)24(28)31;17-8-6-13-10-11-7-9-18-16(21)14(11)15(20-13)19-12-4-2-1-3-5-12;3*1-2/h1-10,12,14H,11,13H2,(H,25,29)(H,26,27);1-5,7,9-10H,6,8,17H2,(H,18,21)(H,19,20);2*1-2H3;1-2H2. The maximum absolute atomic E-state index is 12.6. The molecule has 0 saturated carbocycles. The first-order valence-electron chi connectivity index (χ1n) is 19.0. The predicted molar refractivity (Wildman–Crippen MR) is 234 cm³/mol. The van der Waals surface area contributed by atoms with Gasteiger partial charge in [-0.15, -0.1) is 0 Å². The van der Waals surface area contributed by atoms with Crippen molar-refractivity contribution in [2.45, 2.75) is 40.5 Å². The molecule has 7 aromatic rings. The second-order valence-corrected chi connectivity index (χ2v) is 12.0. The van der Waals surface area contributed by atoms with Gasteiger partial charge in [0.1, 0.15) is 11.6 Å². The maximum atomic E-state index is 12.6. The molecule has 0 spiro atoms. The normalized spacial score (nSPS) is 11.1. The van der Waals surface area contributed by atoms with Crippen LogP contribution in [0.3, 0.4) is 0 Å². The summed E-state index contributed by atoms with van der Waals surface area (Å²) in [5.41, 5.74) is 9.30. The first kappa shape index (κ1) is 43.7. The van der Waals surface area contributed by atoms with E-state index in [1.807, 2.05) is 107 Å². The van der Waals surface area contributed by atoms with Crippen molar-refractivity contribution in [3.63, 3.8) is 0 Å². The average molecular weight is 783 g/mol. The Balaban J connectivity index is 0.000000241. The summed E-state index contributed by atoms with van der Waals surface area (Å²) in [6.07, 6.45) is 4.28. The topological polar surface area (TPSA) is 231 Å². The number of hydrogen-bond donors (Lipinski definition) is 7. The van der Waals surface area contributed by atoms with Gasteiger partial charge in [0.05, 0.1) is 21.9 Å². The van der Waals surface area contributed by atoms with E-state index in [0.29, 0.717) is 58.6 Å². The molecule has 14 heteroatoms. The van der Waals surface area contributed by atoms with Gasteiger partial charge in [0.2, 0.25) is 0 Å². The van der Waals surface area contributed by atoms with E-state index in [4.69, 9.17) is 5.73 Å². The van der Waals surface area contributed by atoms with Gasteiger partial charge in [-0.1, -0.05) is 76.2 Å². The lowest BCUT2D eigenvalue weighted by Gasteiger charge is -2.15. The van der Waals surface area contributed by atoms with E-state index in [2.05, 4.69) is 42.3 Å². The molecule has 0 fully saturated rings. The largest absolute Gasteiger partial charge is 0.340 e. The molecule has 14 nitrogen and oxygen atoms in total. The smallest absolute Gasteiger partial charge is 0.261 e. The van der Waals surface area contributed by atoms with Crippen molar-refractivity contribution < 1.29 is 9.59 Å². The number of carbonyl (C=O) groups is 2. The van der Waals surface area contributed by atoms with Crippen molar-refractivity contribution in [1.82, 2.24) is 24.8 Å². The van der Waals surface area contributed by atoms with Gasteiger partial charge in [0.25, 0.3) is 22.9 Å². The minimum Gasteiger partial charge on any atom is -0.340 e. The molecule has 4 aromatic heterocycles. The monoisotopic (exact) mass is 782 g/mol. The molecule has 8 rings (SSSR count). The lowest BCUT2D eigenvalue weighted by atomic mass is 10.1. The Morgan fingerprint density at radius 3 is 1.38 bits per heavy atom. The van der Waals surface area contributed by atoms with Gasteiger partial charge in [0, 0.05) is 54.5 Å². The fourth-order valence-corrected chi connectivity index (χ4v) is 6.11. The van der Waals surface area contributed by atoms with Gasteiger partial charge >= 0.3 is 0 Å². The van der Waals surface area contributed by atoms with Gasteiger partial charge < -0.3 is 26.3 Å². The summed E-state index contributed by atoms with van der Waals surface area (Å²) in [5.74, 6) is 8.41. The summed E-state index contributed by atoms with van der Waals surface area (Å²) < 4.78 is 0. The molecule has 0 aliphatic carbocycles. The fourth-order valence-electron chi connectivity index (χ4n) is 6.11. The number of para-hydroxylation sites is 2. The van der Waals surface area contributed by atoms with Crippen LogP contribution in [0.5, 0.6) is 0 Å². The highest BCUT2D eigenvalue weighted by atomic mass is 16.2. The number of pyridine rings is 4. The Labute approximate surface area is 336 Å². The van der Waals surface area contributed by atoms with Gasteiger partial charge in [0.15, 0.2) is 0 Å². The highest BCUT2D eigenvalue weighted by molar-refractivity contribution is 6.21. The molecule has 0 radical (unpaired) electrons. The Hall–Kier alpha value is -7.00. The number of aromatic nitrogens is 4. The van der Waals surface area contributed by atoms with Crippen LogP contribution in [-0.4, -0.2) is 49.7 Å². The van der Waals surface area contributed by atoms with E-state index in [0.717, 1.165) is 27.8 Å². The second kappa shape index (κ2) is 21.9. The minimum atomic E-state index is -0.291. The zero-order chi connectivity index (χ0) is 42.0. The molecular formula is C44H50N10O4. The van der Waals surface area contributed by atoms with E-state index >= 15 is 0 Å². The summed E-state index contributed by atoms with van der Waals surface area (Å²) in [7, 11) is 0. The number of H-pyrrole nitrogens is 2. The van der Waals surface area contributed by atoms with Crippen LogP contribution in [0.15, 0.2) is 131 Å². The number of benzene rings is 3. The van der Waals surface area contributed by atoms with Crippen LogP contribution in [-0.2, 0) is 12.8 Å². The molecule has 5 heterocycles. The summed E-state index contributed by atoms with van der Waals surface area (Å²) in [6.45, 7) is 8.73. The highest BCUT2D eigenvalue weighted by Gasteiger charge is 2.34. The number of hydrogen-bond acceptors (Lipinski definition) is 11. The number of imide groups is 1. The molecule has 10 N–H and O–H groups in total. The van der Waals surface area contributed by atoms with E-state index in [-0.39, 0.29) is 29.5 Å². The van der Waals surface area contributed by atoms with Crippen molar-refractivity contribution in [3.8, 4) is 0 Å². The highest BCUT2D eigenvalue weighted by Crippen LogP contribution is 2.26. The Bertz CT molecular complexity index is 2510. The SMILES string of the molecule is CC.CC.NCCc1cc2cc[nH]c(=O)c2c(Nc2ccccc2)n1.NN.O=C1c2ccccc2C(=O)N1CCc1cc2cc[nH]c(=O)c2c(Nc2ccccc2)n1. The second-order valence-electron chi connectivity index (χ2n) is 12.0. The van der Waals surface area contributed by atoms with Crippen LogP contribution in [0.2, 0.25) is 0 Å². The average Bonchev–Trinajstić information content (AvgIpc) is 3.51. The minimum absolute atomic E-state index is 0.155. The van der Waals surface area contributed by atoms with Crippen molar-refractivity contribution >= 4 is 56.4 Å². The maximum Gasteiger partial charge on any atom is 0.261 e. The molecule has 1 aliphatic rings. The van der Waals surface area contributed by atoms with Crippen LogP contribution < -0.4 is 39.2 Å². The van der Waals surface area contributed by atoms with Gasteiger partial charge in [-0.05, 0) is 78.0 Å². The van der Waals surface area contributed by atoms with Crippen molar-refractivity contribution in [2.24, 2.45) is 17.4 Å². The summed E-state index contributed by atoms with van der Waals surface area (Å²) in [5, 5.41) is 9.02. The first-order chi connectivity index (χ1) is 28.4. The lowest BCUT2D eigenvalue weighted by Crippen LogP contribution is -2.32. The summed E-state index contributed by atoms with van der Waals surface area (Å²) >= 11 is 0. The number of nitrogens with one attached hydrogen (secondary N) is 4. The Kier molecular flexibility index (Phi) is 16.5. The third-order valence-corrected chi connectivity index (χ3v) is 8.56. The first-order valence-corrected chi connectivity index (χ1v) is 19.0. The molecule has 300 valence electrons. The number of amides is 2. The van der Waals surface area contributed by atoms with Gasteiger partial charge in [-0.25, -0.2) is 9.97 Å². The number of nitrogens with two attached hydrogens (primary N) is 3. The van der Waals surface area contributed by atoms with Crippen molar-refractivity contribution in [2.75, 3.05) is 23.7 Å². The third-order valence-electron chi connectivity index (χ3n) is 8.56. The fraction of sp³-hybridized carbons (Fsp3) is 0.182. The van der Waals surface area contributed by atoms with Crippen LogP contribution in [0.1, 0.15) is 59.8 Å². The number of anilines is 4. The van der Waals surface area contributed by atoms with Crippen molar-refractivity contribution in [1.29, 1.82) is 0 Å². The zero-order valence-corrected chi connectivity index (χ0v) is 33.1. The number of rotatable bonds is 9. The number of fused-ring (bicyclic) bond motifs is 3. The third kappa shape index (κ3) is 10.4. The Morgan fingerprint density at radius 1 is 0.569 bits per heavy atom. The molecule has 58 heavy (non-hydrogen) atoms. The molecule has 2 amide bonds. The molecule has 0 bridgehead atoms. The number of carbonyl (C=O) groups excluding carboxylic acids is 2. The summed E-state index contributed by atoms with van der Waals surface area (Å²) in [4.78, 5) is 65.6. The van der Waals surface area contributed by atoms with E-state index in [1.54, 1.807) is 42.7 Å². The van der Waals surface area contributed by atoms with Gasteiger partial charge in [-0.2, -0.15) is 0 Å². The number of hydrazine groups is 1. The predicted octanol–water partition coefficient (Wildman–Crippen LogP) is 6.54.